The first-order valence-electron chi connectivity index (χ1n) is 12.2. The highest BCUT2D eigenvalue weighted by Gasteiger charge is 2.49. The Bertz CT molecular complexity index is 1360. The molecule has 1 saturated carbocycles. The molecule has 0 spiro atoms. The van der Waals surface area contributed by atoms with Gasteiger partial charge in [0, 0.05) is 18.1 Å². The number of hydrogen-bond donors (Lipinski definition) is 3. The molecule has 38 heavy (non-hydrogen) atoms. The number of benzene rings is 1. The first-order chi connectivity index (χ1) is 17.8. The van der Waals surface area contributed by atoms with E-state index in [2.05, 4.69) is 20.3 Å². The number of carbonyl (C=O) groups is 1. The number of aromatic nitrogens is 3. The van der Waals surface area contributed by atoms with E-state index in [-0.39, 0.29) is 12.4 Å². The predicted molar refractivity (Wildman–Crippen MR) is 140 cm³/mol. The molecule has 1 aromatic carbocycles. The van der Waals surface area contributed by atoms with Gasteiger partial charge in [0.25, 0.3) is 0 Å². The van der Waals surface area contributed by atoms with Crippen LogP contribution in [-0.2, 0) is 16.6 Å². The number of aliphatic hydroxyl groups is 1. The van der Waals surface area contributed by atoms with Crippen LogP contribution in [0.15, 0.2) is 42.7 Å². The van der Waals surface area contributed by atoms with Crippen LogP contribution in [0.5, 0.6) is 0 Å². The number of nitrogens with one attached hydrogen (secondary N) is 1. The Balaban J connectivity index is 1.66. The lowest BCUT2D eigenvalue weighted by atomic mass is 9.63. The van der Waals surface area contributed by atoms with Crippen molar-refractivity contribution in [3.63, 3.8) is 0 Å². The SMILES string of the molecule is CC/C=C\c1cc(Nc2nccc(C(F)(F)F)n2)cc(-c2cnc([C@@]3(O)CC[C@H](C(=O)O)C(C)(C)C3)s2)c1. The predicted octanol–water partition coefficient (Wildman–Crippen LogP) is 6.88. The van der Waals surface area contributed by atoms with Crippen LogP contribution in [-0.4, -0.2) is 31.1 Å². The van der Waals surface area contributed by atoms with Crippen LogP contribution in [0.3, 0.4) is 0 Å². The number of nitrogens with zero attached hydrogens (tertiary/aromatic N) is 3. The summed E-state index contributed by atoms with van der Waals surface area (Å²) in [6.45, 7) is 5.69. The smallest absolute Gasteiger partial charge is 0.433 e. The Labute approximate surface area is 222 Å². The average Bonchev–Trinajstić information content (AvgIpc) is 3.33. The van der Waals surface area contributed by atoms with Crippen LogP contribution in [0.1, 0.15) is 62.7 Å². The number of allylic oxidation sites excluding steroid dienone is 1. The van der Waals surface area contributed by atoms with Gasteiger partial charge in [0.2, 0.25) is 5.95 Å². The lowest BCUT2D eigenvalue weighted by Crippen LogP contribution is -2.44. The van der Waals surface area contributed by atoms with Crippen molar-refractivity contribution in [1.29, 1.82) is 0 Å². The standard InChI is InChI=1S/C27H29F3N4O3S/c1-4-5-6-16-11-17(13-18(12-16)33-24-31-10-8-21(34-24)27(28,29)30)20-14-32-23(38-20)26(37)9-7-19(22(35)36)25(2,3)15-26/h5-6,8,10-14,19,37H,4,7,9,15H2,1-3H3,(H,35,36)(H,31,33,34)/b6-5-/t19-,26-/m1/s1. The maximum absolute atomic E-state index is 13.1. The van der Waals surface area contributed by atoms with Gasteiger partial charge in [-0.05, 0) is 66.5 Å². The number of thiazole rings is 1. The highest BCUT2D eigenvalue weighted by Crippen LogP contribution is 2.51. The van der Waals surface area contributed by atoms with E-state index in [9.17, 15) is 28.2 Å². The van der Waals surface area contributed by atoms with Crippen molar-refractivity contribution in [2.45, 2.75) is 58.2 Å². The lowest BCUT2D eigenvalue weighted by molar-refractivity contribution is -0.154. The molecule has 1 aliphatic carbocycles. The Morgan fingerprint density at radius 3 is 2.68 bits per heavy atom. The van der Waals surface area contributed by atoms with E-state index >= 15 is 0 Å². The quantitative estimate of drug-likeness (QED) is 0.296. The zero-order valence-electron chi connectivity index (χ0n) is 21.2. The van der Waals surface area contributed by atoms with E-state index in [1.165, 1.54) is 11.3 Å². The molecule has 1 aliphatic rings. The molecule has 2 atom stereocenters. The molecule has 11 heteroatoms. The Morgan fingerprint density at radius 1 is 1.26 bits per heavy atom. The summed E-state index contributed by atoms with van der Waals surface area (Å²) in [4.78, 5) is 24.4. The van der Waals surface area contributed by atoms with Crippen molar-refractivity contribution in [2.75, 3.05) is 5.32 Å². The normalized spacial score (nSPS) is 21.5. The molecular formula is C27H29F3N4O3S. The van der Waals surface area contributed by atoms with E-state index in [1.807, 2.05) is 39.0 Å². The minimum Gasteiger partial charge on any atom is -0.481 e. The molecule has 0 bridgehead atoms. The van der Waals surface area contributed by atoms with E-state index in [1.54, 1.807) is 18.3 Å². The number of halogens is 3. The molecule has 2 aromatic heterocycles. The third-order valence-corrected chi connectivity index (χ3v) is 7.97. The monoisotopic (exact) mass is 546 g/mol. The zero-order valence-corrected chi connectivity index (χ0v) is 22.0. The molecule has 1 fully saturated rings. The second-order valence-electron chi connectivity index (χ2n) is 10.2. The molecule has 4 rings (SSSR count). The van der Waals surface area contributed by atoms with Crippen LogP contribution in [0.2, 0.25) is 0 Å². The van der Waals surface area contributed by atoms with Crippen LogP contribution in [0, 0.1) is 11.3 Å². The minimum atomic E-state index is -4.59. The molecule has 3 aromatic rings. The van der Waals surface area contributed by atoms with Crippen LogP contribution >= 0.6 is 11.3 Å². The number of aliphatic carboxylic acids is 1. The van der Waals surface area contributed by atoms with E-state index in [0.29, 0.717) is 23.5 Å². The first kappa shape index (κ1) is 27.7. The molecule has 3 N–H and O–H groups in total. The highest BCUT2D eigenvalue weighted by atomic mass is 32.1. The summed E-state index contributed by atoms with van der Waals surface area (Å²) in [6, 6.07) is 6.28. The molecule has 0 radical (unpaired) electrons. The van der Waals surface area contributed by atoms with Crippen LogP contribution in [0.25, 0.3) is 16.5 Å². The molecular weight excluding hydrogens is 517 g/mol. The summed E-state index contributed by atoms with van der Waals surface area (Å²) < 4.78 is 39.3. The minimum absolute atomic E-state index is 0.181. The van der Waals surface area contributed by atoms with Gasteiger partial charge in [-0.3, -0.25) is 4.79 Å². The Hall–Kier alpha value is -3.31. The van der Waals surface area contributed by atoms with Gasteiger partial charge in [0.05, 0.1) is 10.8 Å². The lowest BCUT2D eigenvalue weighted by Gasteiger charge is -2.44. The van der Waals surface area contributed by atoms with E-state index in [0.717, 1.165) is 34.7 Å². The van der Waals surface area contributed by atoms with Gasteiger partial charge in [-0.1, -0.05) is 32.9 Å². The van der Waals surface area contributed by atoms with Gasteiger partial charge in [-0.25, -0.2) is 15.0 Å². The average molecular weight is 547 g/mol. The summed E-state index contributed by atoms with van der Waals surface area (Å²) in [6.07, 6.45) is 3.69. The van der Waals surface area contributed by atoms with Gasteiger partial charge < -0.3 is 15.5 Å². The fourth-order valence-corrected chi connectivity index (χ4v) is 5.94. The second-order valence-corrected chi connectivity index (χ2v) is 11.2. The number of rotatable bonds is 7. The number of anilines is 2. The fraction of sp³-hybridized carbons (Fsp3) is 0.407. The molecule has 7 nitrogen and oxygen atoms in total. The Kier molecular flexibility index (Phi) is 7.62. The molecule has 0 saturated heterocycles. The summed E-state index contributed by atoms with van der Waals surface area (Å²) in [5.41, 5.74) is -0.838. The van der Waals surface area contributed by atoms with Crippen molar-refractivity contribution < 1.29 is 28.2 Å². The molecule has 0 unspecified atom stereocenters. The van der Waals surface area contributed by atoms with Gasteiger partial charge >= 0.3 is 12.1 Å². The summed E-state index contributed by atoms with van der Waals surface area (Å²) in [5.74, 6) is -1.59. The third-order valence-electron chi connectivity index (χ3n) is 6.73. The number of carboxylic acids is 1. The maximum atomic E-state index is 13.1. The summed E-state index contributed by atoms with van der Waals surface area (Å²) in [5, 5.41) is 24.4. The maximum Gasteiger partial charge on any atom is 0.433 e. The molecule has 202 valence electrons. The van der Waals surface area contributed by atoms with Crippen LogP contribution in [0.4, 0.5) is 24.8 Å². The van der Waals surface area contributed by atoms with Crippen molar-refractivity contribution in [3.8, 4) is 10.4 Å². The van der Waals surface area contributed by atoms with Crippen molar-refractivity contribution >= 4 is 35.0 Å². The summed E-state index contributed by atoms with van der Waals surface area (Å²) >= 11 is 1.31. The third kappa shape index (κ3) is 6.05. The summed E-state index contributed by atoms with van der Waals surface area (Å²) in [7, 11) is 0. The van der Waals surface area contributed by atoms with Crippen molar-refractivity contribution in [1.82, 2.24) is 15.0 Å². The van der Waals surface area contributed by atoms with Crippen molar-refractivity contribution in [3.05, 3.63) is 59.0 Å². The van der Waals surface area contributed by atoms with Gasteiger partial charge in [-0.15, -0.1) is 11.3 Å². The van der Waals surface area contributed by atoms with Crippen LogP contribution < -0.4 is 5.32 Å². The van der Waals surface area contributed by atoms with Crippen molar-refractivity contribution in [2.24, 2.45) is 11.3 Å². The second kappa shape index (κ2) is 10.5. The largest absolute Gasteiger partial charge is 0.481 e. The van der Waals surface area contributed by atoms with E-state index < -0.39 is 34.8 Å². The molecule has 2 heterocycles. The zero-order chi connectivity index (χ0) is 27.7. The van der Waals surface area contributed by atoms with Gasteiger partial charge in [-0.2, -0.15) is 13.2 Å². The number of hydrogen-bond acceptors (Lipinski definition) is 7. The van der Waals surface area contributed by atoms with Gasteiger partial charge in [0.15, 0.2) is 0 Å². The molecule has 0 aliphatic heterocycles. The fourth-order valence-electron chi connectivity index (χ4n) is 4.92. The Morgan fingerprint density at radius 2 is 2.03 bits per heavy atom. The highest BCUT2D eigenvalue weighted by molar-refractivity contribution is 7.15. The first-order valence-corrected chi connectivity index (χ1v) is 13.0. The number of alkyl halides is 3. The van der Waals surface area contributed by atoms with Gasteiger partial charge in [0.1, 0.15) is 16.3 Å². The van der Waals surface area contributed by atoms with E-state index in [4.69, 9.17) is 0 Å². The topological polar surface area (TPSA) is 108 Å². The molecule has 0 amide bonds. The number of carboxylic acid groups (broad SMARTS) is 1.